The molecular formula is C13H17N5O2. The zero-order valence-electron chi connectivity index (χ0n) is 11.7. The summed E-state index contributed by atoms with van der Waals surface area (Å²) in [6.07, 6.45) is 4.36. The maximum atomic E-state index is 12.3. The van der Waals surface area contributed by atoms with Gasteiger partial charge in [0, 0.05) is 27.1 Å². The Morgan fingerprint density at radius 2 is 2.00 bits per heavy atom. The van der Waals surface area contributed by atoms with Crippen LogP contribution >= 0.6 is 0 Å². The van der Waals surface area contributed by atoms with Gasteiger partial charge in [0.25, 0.3) is 5.56 Å². The number of nitriles is 1. The van der Waals surface area contributed by atoms with E-state index in [1.54, 1.807) is 18.7 Å². The summed E-state index contributed by atoms with van der Waals surface area (Å²) in [6, 6.07) is 2.08. The van der Waals surface area contributed by atoms with E-state index in [1.807, 2.05) is 0 Å². The lowest BCUT2D eigenvalue weighted by molar-refractivity contribution is 0.544. The molecule has 2 heterocycles. The number of rotatable bonds is 5. The van der Waals surface area contributed by atoms with Gasteiger partial charge in [0.2, 0.25) is 0 Å². The molecule has 0 aromatic carbocycles. The number of unbranched alkanes of at least 4 members (excludes halogenated alkanes) is 3. The van der Waals surface area contributed by atoms with Gasteiger partial charge in [-0.3, -0.25) is 13.9 Å². The predicted molar refractivity (Wildman–Crippen MR) is 74.3 cm³/mol. The van der Waals surface area contributed by atoms with Crippen molar-refractivity contribution < 1.29 is 0 Å². The lowest BCUT2D eigenvalue weighted by Crippen LogP contribution is -2.39. The van der Waals surface area contributed by atoms with Crippen molar-refractivity contribution in [3.8, 4) is 6.07 Å². The molecule has 0 N–H and O–H groups in total. The van der Waals surface area contributed by atoms with Crippen LogP contribution < -0.4 is 11.2 Å². The van der Waals surface area contributed by atoms with E-state index < -0.39 is 0 Å². The Kier molecular flexibility index (Phi) is 4.03. The van der Waals surface area contributed by atoms with Crippen LogP contribution in [0.2, 0.25) is 0 Å². The second-order valence-electron chi connectivity index (χ2n) is 4.79. The van der Waals surface area contributed by atoms with Crippen molar-refractivity contribution in [1.82, 2.24) is 18.7 Å². The minimum Gasteiger partial charge on any atom is -0.328 e. The Balaban J connectivity index is 2.34. The molecule has 0 radical (unpaired) electrons. The number of aryl methyl sites for hydroxylation is 2. The number of hydrogen-bond acceptors (Lipinski definition) is 4. The van der Waals surface area contributed by atoms with Crippen molar-refractivity contribution in [3.05, 3.63) is 27.2 Å². The quantitative estimate of drug-likeness (QED) is 0.744. The molecule has 0 saturated carbocycles. The fraction of sp³-hybridized carbons (Fsp3) is 0.538. The van der Waals surface area contributed by atoms with Crippen molar-refractivity contribution in [2.24, 2.45) is 14.1 Å². The summed E-state index contributed by atoms with van der Waals surface area (Å²) in [6.45, 7) is 0.373. The summed E-state index contributed by atoms with van der Waals surface area (Å²) in [5.41, 5.74) is 0.192. The molecule has 0 atom stereocenters. The largest absolute Gasteiger partial charge is 0.332 e. The summed E-state index contributed by atoms with van der Waals surface area (Å²) in [5.74, 6) is 0. The van der Waals surface area contributed by atoms with Gasteiger partial charge < -0.3 is 4.57 Å². The van der Waals surface area contributed by atoms with Crippen molar-refractivity contribution >= 4 is 11.2 Å². The first-order valence-corrected chi connectivity index (χ1v) is 6.55. The lowest BCUT2D eigenvalue weighted by Gasteiger charge is -2.08. The van der Waals surface area contributed by atoms with Crippen LogP contribution in [-0.4, -0.2) is 18.7 Å². The van der Waals surface area contributed by atoms with Crippen LogP contribution in [0.25, 0.3) is 11.2 Å². The predicted octanol–water partition coefficient (Wildman–Crippen LogP) is 0.518. The van der Waals surface area contributed by atoms with Crippen molar-refractivity contribution in [1.29, 1.82) is 5.26 Å². The topological polar surface area (TPSA) is 85.6 Å². The van der Waals surface area contributed by atoms with E-state index in [4.69, 9.17) is 5.26 Å². The van der Waals surface area contributed by atoms with Gasteiger partial charge in [-0.25, -0.2) is 9.78 Å². The normalized spacial score (nSPS) is 10.8. The third-order valence-electron chi connectivity index (χ3n) is 3.37. The monoisotopic (exact) mass is 275 g/mol. The highest BCUT2D eigenvalue weighted by Gasteiger charge is 2.14. The maximum Gasteiger partial charge on any atom is 0.332 e. The first-order valence-electron chi connectivity index (χ1n) is 6.55. The van der Waals surface area contributed by atoms with Crippen LogP contribution in [0, 0.1) is 11.3 Å². The Hall–Kier alpha value is -2.36. The van der Waals surface area contributed by atoms with Gasteiger partial charge in [-0.05, 0) is 12.8 Å². The summed E-state index contributed by atoms with van der Waals surface area (Å²) in [4.78, 5) is 28.6. The molecule has 0 fully saturated rings. The van der Waals surface area contributed by atoms with E-state index >= 15 is 0 Å². The second kappa shape index (κ2) is 5.74. The number of fused-ring (bicyclic) bond motifs is 1. The molecule has 0 aliphatic carbocycles. The van der Waals surface area contributed by atoms with Crippen LogP contribution in [-0.2, 0) is 20.6 Å². The fourth-order valence-electron chi connectivity index (χ4n) is 2.24. The molecule has 7 heteroatoms. The molecule has 2 aromatic heterocycles. The molecule has 20 heavy (non-hydrogen) atoms. The van der Waals surface area contributed by atoms with Crippen LogP contribution in [0.1, 0.15) is 25.7 Å². The van der Waals surface area contributed by atoms with Crippen molar-refractivity contribution in [3.63, 3.8) is 0 Å². The van der Waals surface area contributed by atoms with Gasteiger partial charge in [0.1, 0.15) is 0 Å². The van der Waals surface area contributed by atoms with Crippen molar-refractivity contribution in [2.75, 3.05) is 0 Å². The number of nitrogens with zero attached hydrogens (tertiary/aromatic N) is 5. The Labute approximate surface area is 115 Å². The molecule has 0 aliphatic heterocycles. The van der Waals surface area contributed by atoms with Gasteiger partial charge >= 0.3 is 5.69 Å². The average molecular weight is 275 g/mol. The van der Waals surface area contributed by atoms with Gasteiger partial charge in [0.15, 0.2) is 11.2 Å². The van der Waals surface area contributed by atoms with Gasteiger partial charge in [-0.2, -0.15) is 5.26 Å². The molecule has 0 aliphatic rings. The first kappa shape index (κ1) is 14.1. The molecule has 0 amide bonds. The van der Waals surface area contributed by atoms with Gasteiger partial charge in [-0.1, -0.05) is 6.42 Å². The molecule has 2 rings (SSSR count). The molecule has 0 saturated heterocycles. The zero-order valence-corrected chi connectivity index (χ0v) is 11.7. The van der Waals surface area contributed by atoms with Gasteiger partial charge in [-0.15, -0.1) is 0 Å². The van der Waals surface area contributed by atoms with Crippen LogP contribution in [0.4, 0.5) is 0 Å². The molecule has 0 unspecified atom stereocenters. The molecule has 106 valence electrons. The molecule has 2 aromatic rings. The number of imidazole rings is 1. The minimum atomic E-state index is -0.346. The second-order valence-corrected chi connectivity index (χ2v) is 4.79. The Morgan fingerprint density at radius 1 is 1.25 bits per heavy atom. The Bertz CT molecular complexity index is 775. The highest BCUT2D eigenvalue weighted by atomic mass is 16.2. The van der Waals surface area contributed by atoms with E-state index in [-0.39, 0.29) is 11.2 Å². The van der Waals surface area contributed by atoms with Crippen LogP contribution in [0.3, 0.4) is 0 Å². The van der Waals surface area contributed by atoms with Gasteiger partial charge in [0.05, 0.1) is 12.4 Å². The third-order valence-corrected chi connectivity index (χ3v) is 3.37. The zero-order chi connectivity index (χ0) is 14.7. The average Bonchev–Trinajstić information content (AvgIpc) is 2.81. The van der Waals surface area contributed by atoms with E-state index in [0.29, 0.717) is 30.6 Å². The number of hydrogen-bond donors (Lipinski definition) is 0. The number of aromatic nitrogens is 4. The standard InChI is InChI=1S/C13H17N5O2/c1-16-9-15-11-10(16)12(19)18(13(20)17(11)2)8-6-4-3-5-7-14/h9H,3-6,8H2,1-2H3. The van der Waals surface area contributed by atoms with E-state index in [2.05, 4.69) is 11.1 Å². The highest BCUT2D eigenvalue weighted by Crippen LogP contribution is 2.04. The van der Waals surface area contributed by atoms with Crippen LogP contribution in [0.15, 0.2) is 15.9 Å². The van der Waals surface area contributed by atoms with Crippen molar-refractivity contribution in [2.45, 2.75) is 32.2 Å². The maximum absolute atomic E-state index is 12.3. The fourth-order valence-corrected chi connectivity index (χ4v) is 2.24. The van der Waals surface area contributed by atoms with E-state index in [9.17, 15) is 9.59 Å². The molecule has 0 spiro atoms. The summed E-state index contributed by atoms with van der Waals surface area (Å²) >= 11 is 0. The summed E-state index contributed by atoms with van der Waals surface area (Å²) < 4.78 is 4.27. The smallest absolute Gasteiger partial charge is 0.328 e. The Morgan fingerprint density at radius 3 is 2.70 bits per heavy atom. The summed E-state index contributed by atoms with van der Waals surface area (Å²) in [5, 5.41) is 8.46. The van der Waals surface area contributed by atoms with Crippen LogP contribution in [0.5, 0.6) is 0 Å². The lowest BCUT2D eigenvalue weighted by atomic mass is 10.2. The third kappa shape index (κ3) is 2.37. The summed E-state index contributed by atoms with van der Waals surface area (Å²) in [7, 11) is 3.35. The van der Waals surface area contributed by atoms with E-state index in [1.165, 1.54) is 15.5 Å². The SMILES string of the molecule is Cn1cnc2c1c(=O)n(CCCCCC#N)c(=O)n2C. The minimum absolute atomic E-state index is 0.302. The molecule has 7 nitrogen and oxygen atoms in total. The molecular weight excluding hydrogens is 258 g/mol. The first-order chi connectivity index (χ1) is 9.57. The highest BCUT2D eigenvalue weighted by molar-refractivity contribution is 5.69. The van der Waals surface area contributed by atoms with E-state index in [0.717, 1.165) is 12.8 Å². The molecule has 0 bridgehead atoms.